The van der Waals surface area contributed by atoms with Crippen molar-refractivity contribution in [1.29, 1.82) is 0 Å². The van der Waals surface area contributed by atoms with E-state index < -0.39 is 11.5 Å². The first-order chi connectivity index (χ1) is 19.3. The fourth-order valence-corrected chi connectivity index (χ4v) is 5.84. The maximum Gasteiger partial charge on any atom is 0.217 e. The van der Waals surface area contributed by atoms with Gasteiger partial charge in [0.1, 0.15) is 5.60 Å². The summed E-state index contributed by atoms with van der Waals surface area (Å²) < 4.78 is 6.86. The number of hydrogen-bond donors (Lipinski definition) is 1. The van der Waals surface area contributed by atoms with Crippen molar-refractivity contribution >= 4 is 38.3 Å². The van der Waals surface area contributed by atoms with Crippen molar-refractivity contribution in [2.75, 3.05) is 27.7 Å². The van der Waals surface area contributed by atoms with Crippen LogP contribution in [0.2, 0.25) is 5.02 Å². The Morgan fingerprint density at radius 3 is 2.33 bits per heavy atom. The van der Waals surface area contributed by atoms with Gasteiger partial charge in [-0.05, 0) is 78.3 Å². The maximum atomic E-state index is 13.1. The molecule has 0 saturated heterocycles. The molecule has 0 fully saturated rings. The zero-order valence-corrected chi connectivity index (χ0v) is 25.2. The zero-order valence-electron chi connectivity index (χ0n) is 22.8. The molecule has 0 radical (unpaired) electrons. The summed E-state index contributed by atoms with van der Waals surface area (Å²) in [6.07, 6.45) is 2.30. The third kappa shape index (κ3) is 5.79. The van der Waals surface area contributed by atoms with Crippen molar-refractivity contribution < 1.29 is 9.84 Å². The number of aromatic nitrogens is 1. The zero-order chi connectivity index (χ0) is 28.3. The number of methoxy groups -OCH3 is 1. The predicted octanol–water partition coefficient (Wildman–Crippen LogP) is 8.30. The van der Waals surface area contributed by atoms with Crippen LogP contribution in [0.3, 0.4) is 0 Å². The normalized spacial score (nSPS) is 13.8. The van der Waals surface area contributed by atoms with Crippen LogP contribution < -0.4 is 4.74 Å². The van der Waals surface area contributed by atoms with Gasteiger partial charge in [-0.15, -0.1) is 0 Å². The average Bonchev–Trinajstić information content (AvgIpc) is 2.97. The Balaban J connectivity index is 1.81. The summed E-state index contributed by atoms with van der Waals surface area (Å²) in [5.41, 5.74) is 3.24. The molecule has 40 heavy (non-hydrogen) atoms. The summed E-state index contributed by atoms with van der Waals surface area (Å²) in [7, 11) is 5.68. The lowest BCUT2D eigenvalue weighted by Gasteiger charge is -2.39. The van der Waals surface area contributed by atoms with Crippen molar-refractivity contribution in [2.24, 2.45) is 0 Å². The smallest absolute Gasteiger partial charge is 0.217 e. The lowest BCUT2D eigenvalue weighted by atomic mass is 9.70. The Hall–Kier alpha value is -3.22. The molecule has 0 spiro atoms. The van der Waals surface area contributed by atoms with E-state index in [0.717, 1.165) is 43.1 Å². The number of nitrogens with zero attached hydrogens (tertiary/aromatic N) is 2. The van der Waals surface area contributed by atoms with Crippen molar-refractivity contribution in [1.82, 2.24) is 9.88 Å². The van der Waals surface area contributed by atoms with E-state index >= 15 is 0 Å². The lowest BCUT2D eigenvalue weighted by molar-refractivity contribution is 0.00517. The first-order valence-corrected chi connectivity index (χ1v) is 14.4. The van der Waals surface area contributed by atoms with E-state index in [1.807, 2.05) is 81.0 Å². The van der Waals surface area contributed by atoms with Crippen LogP contribution in [0.1, 0.15) is 29.0 Å². The van der Waals surface area contributed by atoms with Crippen LogP contribution >= 0.6 is 27.5 Å². The fourth-order valence-electron chi connectivity index (χ4n) is 5.45. The van der Waals surface area contributed by atoms with Gasteiger partial charge in [-0.1, -0.05) is 94.3 Å². The maximum absolute atomic E-state index is 13.1. The molecule has 0 saturated carbocycles. The van der Waals surface area contributed by atoms with Crippen molar-refractivity contribution in [3.63, 3.8) is 0 Å². The second kappa shape index (κ2) is 12.1. The highest BCUT2D eigenvalue weighted by Crippen LogP contribution is 2.49. The van der Waals surface area contributed by atoms with Gasteiger partial charge in [-0.2, -0.15) is 0 Å². The molecule has 1 N–H and O–H groups in total. The summed E-state index contributed by atoms with van der Waals surface area (Å²) in [5, 5.41) is 15.9. The summed E-state index contributed by atoms with van der Waals surface area (Å²) in [6, 6.07) is 32.3. The summed E-state index contributed by atoms with van der Waals surface area (Å²) in [6.45, 7) is 0.673. The number of hydrogen-bond acceptors (Lipinski definition) is 4. The molecular weight excluding hydrogens is 584 g/mol. The minimum atomic E-state index is -1.31. The largest absolute Gasteiger partial charge is 0.481 e. The van der Waals surface area contributed by atoms with Gasteiger partial charge in [0, 0.05) is 39.3 Å². The Bertz CT molecular complexity index is 1600. The van der Waals surface area contributed by atoms with Crippen LogP contribution in [-0.2, 0) is 5.60 Å². The topological polar surface area (TPSA) is 45.6 Å². The average molecular weight is 616 g/mol. The third-order valence-corrected chi connectivity index (χ3v) is 8.22. The Morgan fingerprint density at radius 1 is 0.925 bits per heavy atom. The number of fused-ring (bicyclic) bond motifs is 1. The van der Waals surface area contributed by atoms with E-state index in [2.05, 4.69) is 57.2 Å². The molecule has 0 aliphatic heterocycles. The number of rotatable bonds is 9. The summed E-state index contributed by atoms with van der Waals surface area (Å²) in [5.74, 6) is -0.0299. The van der Waals surface area contributed by atoms with E-state index in [4.69, 9.17) is 21.3 Å². The highest BCUT2D eigenvalue weighted by molar-refractivity contribution is 9.10. The lowest BCUT2D eigenvalue weighted by Crippen LogP contribution is -2.38. The third-order valence-electron chi connectivity index (χ3n) is 7.44. The molecule has 0 bridgehead atoms. The van der Waals surface area contributed by atoms with E-state index in [1.165, 1.54) is 0 Å². The van der Waals surface area contributed by atoms with Crippen LogP contribution in [0.5, 0.6) is 5.88 Å². The van der Waals surface area contributed by atoms with Gasteiger partial charge in [-0.3, -0.25) is 0 Å². The van der Waals surface area contributed by atoms with Gasteiger partial charge in [0.25, 0.3) is 0 Å². The van der Waals surface area contributed by atoms with Crippen LogP contribution in [0.15, 0.2) is 108 Å². The minimum Gasteiger partial charge on any atom is -0.481 e. The molecule has 4 aromatic carbocycles. The first kappa shape index (κ1) is 28.3. The second-order valence-electron chi connectivity index (χ2n) is 10.3. The van der Waals surface area contributed by atoms with Crippen LogP contribution in [0.4, 0.5) is 0 Å². The fraction of sp³-hybridized carbons (Fsp3) is 0.206. The molecular formula is C34H32BrClN2O2. The van der Waals surface area contributed by atoms with Crippen LogP contribution in [-0.4, -0.2) is 42.7 Å². The second-order valence-corrected chi connectivity index (χ2v) is 11.7. The van der Waals surface area contributed by atoms with Crippen molar-refractivity contribution in [3.05, 3.63) is 129 Å². The summed E-state index contributed by atoms with van der Waals surface area (Å²) in [4.78, 5) is 6.84. The van der Waals surface area contributed by atoms with E-state index in [9.17, 15) is 5.11 Å². The van der Waals surface area contributed by atoms with Crippen molar-refractivity contribution in [3.8, 4) is 17.0 Å². The minimum absolute atomic E-state index is 0.476. The Morgan fingerprint density at radius 2 is 1.62 bits per heavy atom. The first-order valence-electron chi connectivity index (χ1n) is 13.2. The van der Waals surface area contributed by atoms with Crippen LogP contribution in [0.25, 0.3) is 21.9 Å². The molecule has 6 heteroatoms. The molecule has 4 nitrogen and oxygen atoms in total. The van der Waals surface area contributed by atoms with E-state index in [-0.39, 0.29) is 0 Å². The molecule has 2 atom stereocenters. The molecule has 5 aromatic rings. The van der Waals surface area contributed by atoms with Gasteiger partial charge in [0.2, 0.25) is 5.88 Å². The molecule has 0 aliphatic carbocycles. The Labute approximate surface area is 249 Å². The van der Waals surface area contributed by atoms with Gasteiger partial charge in [-0.25, -0.2) is 4.98 Å². The van der Waals surface area contributed by atoms with Gasteiger partial charge < -0.3 is 14.7 Å². The monoisotopic (exact) mass is 614 g/mol. The molecule has 0 amide bonds. The number of aliphatic hydroxyl groups is 1. The standard InChI is InChI=1S/C34H32BrClN2O2/c1-38(2)20-19-34(39,31-10-6-8-24-7-4-5-9-29(24)31)32(25-13-17-28(36)18-14-25)30-21-26(22-37-33(30)40-3)23-11-15-27(35)16-12-23/h4-18,21-22,32,39H,19-20H2,1-3H3. The molecule has 1 heterocycles. The quantitative estimate of drug-likeness (QED) is 0.181. The van der Waals surface area contributed by atoms with E-state index in [0.29, 0.717) is 23.9 Å². The molecule has 204 valence electrons. The van der Waals surface area contributed by atoms with Gasteiger partial charge >= 0.3 is 0 Å². The molecule has 0 aliphatic rings. The number of halogens is 2. The highest BCUT2D eigenvalue weighted by atomic mass is 79.9. The van der Waals surface area contributed by atoms with Gasteiger partial charge in [0.15, 0.2) is 0 Å². The molecule has 2 unspecified atom stereocenters. The van der Waals surface area contributed by atoms with Crippen molar-refractivity contribution in [2.45, 2.75) is 17.9 Å². The number of pyridine rings is 1. The predicted molar refractivity (Wildman–Crippen MR) is 168 cm³/mol. The SMILES string of the molecule is COc1ncc(-c2ccc(Br)cc2)cc1C(c1ccc(Cl)cc1)C(O)(CCN(C)C)c1cccc2ccccc12. The molecule has 5 rings (SSSR count). The number of ether oxygens (including phenoxy) is 1. The van der Waals surface area contributed by atoms with Crippen LogP contribution in [0, 0.1) is 0 Å². The highest BCUT2D eigenvalue weighted by Gasteiger charge is 2.43. The number of benzene rings is 4. The van der Waals surface area contributed by atoms with E-state index in [1.54, 1.807) is 7.11 Å². The van der Waals surface area contributed by atoms with Gasteiger partial charge in [0.05, 0.1) is 7.11 Å². The Kier molecular flexibility index (Phi) is 8.57. The summed E-state index contributed by atoms with van der Waals surface area (Å²) >= 11 is 9.87. The molecule has 1 aromatic heterocycles.